The van der Waals surface area contributed by atoms with Crippen LogP contribution >= 0.6 is 0 Å². The lowest BCUT2D eigenvalue weighted by molar-refractivity contribution is -0.140. The molecule has 1 spiro atoms. The molecule has 2 aliphatic rings. The Morgan fingerprint density at radius 2 is 2.00 bits per heavy atom. The molecule has 98 valence electrons. The summed E-state index contributed by atoms with van der Waals surface area (Å²) in [6, 6.07) is -0.813. The predicted octanol–water partition coefficient (Wildman–Crippen LogP) is -3.35. The highest BCUT2D eigenvalue weighted by atomic mass is 16.5. The molecule has 10 heteroatoms. The Labute approximate surface area is 101 Å². The van der Waals surface area contributed by atoms with Crippen molar-refractivity contribution in [3.63, 3.8) is 0 Å². The third-order valence-electron chi connectivity index (χ3n) is 2.47. The monoisotopic (exact) mass is 257 g/mol. The molecule has 18 heavy (non-hydrogen) atoms. The summed E-state index contributed by atoms with van der Waals surface area (Å²) in [6.45, 7) is -0.675. The Kier molecular flexibility index (Phi) is 2.88. The summed E-state index contributed by atoms with van der Waals surface area (Å²) in [5.41, 5.74) is 3.28. The molecule has 0 aromatic carbocycles. The minimum absolute atomic E-state index is 0.0468. The van der Waals surface area contributed by atoms with Crippen LogP contribution in [0.15, 0.2) is 4.99 Å². The van der Waals surface area contributed by atoms with Crippen LogP contribution in [0.4, 0.5) is 4.79 Å². The maximum atomic E-state index is 11.7. The lowest BCUT2D eigenvalue weighted by atomic mass is 10.1. The van der Waals surface area contributed by atoms with Crippen LogP contribution in [0.25, 0.3) is 0 Å². The molecular weight excluding hydrogens is 246 g/mol. The number of aliphatic imine (C=N–C) groups is 1. The molecule has 0 bridgehead atoms. The molecule has 1 unspecified atom stereocenters. The van der Waals surface area contributed by atoms with Gasteiger partial charge >= 0.3 is 11.7 Å². The van der Waals surface area contributed by atoms with Gasteiger partial charge in [0.1, 0.15) is 6.73 Å². The van der Waals surface area contributed by atoms with Crippen LogP contribution in [0.1, 0.15) is 0 Å². The molecule has 2 aliphatic heterocycles. The number of rotatable bonds is 4. The van der Waals surface area contributed by atoms with Crippen LogP contribution in [-0.2, 0) is 14.3 Å². The van der Waals surface area contributed by atoms with Gasteiger partial charge in [-0.3, -0.25) is 25.1 Å². The van der Waals surface area contributed by atoms with E-state index in [1.807, 2.05) is 5.32 Å². The van der Waals surface area contributed by atoms with Crippen molar-refractivity contribution in [2.45, 2.75) is 5.66 Å². The van der Waals surface area contributed by atoms with Crippen molar-refractivity contribution in [3.8, 4) is 0 Å². The van der Waals surface area contributed by atoms with Crippen LogP contribution in [0.5, 0.6) is 0 Å². The van der Waals surface area contributed by atoms with Gasteiger partial charge in [-0.1, -0.05) is 0 Å². The predicted molar refractivity (Wildman–Crippen MR) is 55.8 cm³/mol. The summed E-state index contributed by atoms with van der Waals surface area (Å²) in [7, 11) is 0. The quantitative estimate of drug-likeness (QED) is 0.235. The molecule has 1 fully saturated rings. The van der Waals surface area contributed by atoms with Gasteiger partial charge in [0, 0.05) is 0 Å². The van der Waals surface area contributed by atoms with E-state index in [-0.39, 0.29) is 25.9 Å². The summed E-state index contributed by atoms with van der Waals surface area (Å²) in [4.78, 5) is 39.5. The van der Waals surface area contributed by atoms with Gasteiger partial charge in [0.05, 0.1) is 13.2 Å². The number of amides is 4. The molecule has 1 saturated heterocycles. The van der Waals surface area contributed by atoms with Crippen molar-refractivity contribution in [2.75, 3.05) is 19.9 Å². The Bertz CT molecular complexity index is 449. The molecule has 2 heterocycles. The van der Waals surface area contributed by atoms with Gasteiger partial charge in [-0.25, -0.2) is 9.79 Å². The zero-order chi connectivity index (χ0) is 13.3. The van der Waals surface area contributed by atoms with Crippen LogP contribution < -0.4 is 16.4 Å². The number of nitrogens with two attached hydrogens (primary N) is 1. The van der Waals surface area contributed by atoms with Gasteiger partial charge in [0.25, 0.3) is 11.8 Å². The molecule has 10 nitrogen and oxygen atoms in total. The maximum Gasteiger partial charge on any atom is 0.328 e. The van der Waals surface area contributed by atoms with Gasteiger partial charge in [-0.15, -0.1) is 0 Å². The molecule has 0 aromatic heterocycles. The van der Waals surface area contributed by atoms with E-state index < -0.39 is 23.5 Å². The number of aliphatic hydroxyl groups excluding tert-OH is 1. The highest BCUT2D eigenvalue weighted by Gasteiger charge is 2.62. The van der Waals surface area contributed by atoms with Crippen molar-refractivity contribution >= 4 is 23.8 Å². The molecule has 0 radical (unpaired) electrons. The number of carbonyl (C=O) groups is 3. The fraction of sp³-hybridized carbons (Fsp3) is 0.500. The molecule has 0 aromatic rings. The Hall–Kier alpha value is -2.20. The maximum absolute atomic E-state index is 11.7. The van der Waals surface area contributed by atoms with E-state index in [2.05, 4.69) is 10.3 Å². The summed E-state index contributed by atoms with van der Waals surface area (Å²) >= 11 is 0. The Morgan fingerprint density at radius 1 is 1.33 bits per heavy atom. The standard InChI is InChI=1S/C8H11N5O5/c9-6-10-4(15)8(12-6)5(16)11-7(17)13(8)3-18-2-1-14/h14H,1-3H2,(H,11,16,17)(H3,9,10,12,15). The third-order valence-corrected chi connectivity index (χ3v) is 2.47. The zero-order valence-electron chi connectivity index (χ0n) is 9.17. The van der Waals surface area contributed by atoms with E-state index in [1.165, 1.54) is 0 Å². The van der Waals surface area contributed by atoms with E-state index in [0.717, 1.165) is 4.90 Å². The lowest BCUT2D eigenvalue weighted by Crippen LogP contribution is -2.55. The lowest BCUT2D eigenvalue weighted by Gasteiger charge is -2.25. The fourth-order valence-corrected chi connectivity index (χ4v) is 1.69. The van der Waals surface area contributed by atoms with Crippen molar-refractivity contribution in [1.29, 1.82) is 0 Å². The van der Waals surface area contributed by atoms with Gasteiger partial charge < -0.3 is 15.6 Å². The first-order valence-corrected chi connectivity index (χ1v) is 5.01. The molecular formula is C8H11N5O5. The number of nitrogens with zero attached hydrogens (tertiary/aromatic N) is 2. The highest BCUT2D eigenvalue weighted by molar-refractivity contribution is 6.25. The van der Waals surface area contributed by atoms with Gasteiger partial charge in [-0.05, 0) is 0 Å². The second-order valence-corrected chi connectivity index (χ2v) is 3.57. The van der Waals surface area contributed by atoms with Crippen molar-refractivity contribution in [3.05, 3.63) is 0 Å². The van der Waals surface area contributed by atoms with Crippen molar-refractivity contribution < 1.29 is 24.2 Å². The second-order valence-electron chi connectivity index (χ2n) is 3.57. The largest absolute Gasteiger partial charge is 0.394 e. The summed E-state index contributed by atoms with van der Waals surface area (Å²) < 4.78 is 4.93. The van der Waals surface area contributed by atoms with Gasteiger partial charge in [0.15, 0.2) is 5.96 Å². The van der Waals surface area contributed by atoms with Gasteiger partial charge in [0.2, 0.25) is 0 Å². The van der Waals surface area contributed by atoms with E-state index in [9.17, 15) is 14.4 Å². The number of carbonyl (C=O) groups excluding carboxylic acids is 3. The van der Waals surface area contributed by atoms with Gasteiger partial charge in [-0.2, -0.15) is 0 Å². The first kappa shape index (κ1) is 12.3. The minimum atomic E-state index is -2.05. The number of imide groups is 1. The summed E-state index contributed by atoms with van der Waals surface area (Å²) in [6.07, 6.45) is 0. The highest BCUT2D eigenvalue weighted by Crippen LogP contribution is 2.26. The normalized spacial score (nSPS) is 26.6. The van der Waals surface area contributed by atoms with Crippen LogP contribution in [0.3, 0.4) is 0 Å². The minimum Gasteiger partial charge on any atom is -0.394 e. The topological polar surface area (TPSA) is 146 Å². The average molecular weight is 257 g/mol. The van der Waals surface area contributed by atoms with Crippen molar-refractivity contribution in [2.24, 2.45) is 10.7 Å². The average Bonchev–Trinajstić information content (AvgIpc) is 2.71. The van der Waals surface area contributed by atoms with Crippen LogP contribution in [0, 0.1) is 0 Å². The first-order valence-electron chi connectivity index (χ1n) is 5.01. The molecule has 1 atom stereocenters. The number of aliphatic hydroxyl groups is 1. The van der Waals surface area contributed by atoms with E-state index in [4.69, 9.17) is 15.6 Å². The fourth-order valence-electron chi connectivity index (χ4n) is 1.69. The third kappa shape index (κ3) is 1.58. The number of hydrogen-bond donors (Lipinski definition) is 4. The number of guanidine groups is 1. The van der Waals surface area contributed by atoms with E-state index in [0.29, 0.717) is 0 Å². The SMILES string of the molecule is NC1=NC2(C(=O)NC(=O)N2COCCO)C(=O)N1. The van der Waals surface area contributed by atoms with Crippen LogP contribution in [-0.4, -0.2) is 59.4 Å². The summed E-state index contributed by atoms with van der Waals surface area (Å²) in [5, 5.41) is 12.7. The first-order chi connectivity index (χ1) is 8.52. The number of nitrogens with one attached hydrogen (secondary N) is 2. The second kappa shape index (κ2) is 4.23. The molecule has 4 amide bonds. The van der Waals surface area contributed by atoms with E-state index in [1.54, 1.807) is 0 Å². The number of ether oxygens (including phenoxy) is 1. The van der Waals surface area contributed by atoms with Crippen LogP contribution in [0.2, 0.25) is 0 Å². The summed E-state index contributed by atoms with van der Waals surface area (Å²) in [5.74, 6) is -1.97. The Morgan fingerprint density at radius 3 is 2.56 bits per heavy atom. The molecule has 0 aliphatic carbocycles. The zero-order valence-corrected chi connectivity index (χ0v) is 9.17. The smallest absolute Gasteiger partial charge is 0.328 e. The number of hydrogen-bond acceptors (Lipinski definition) is 7. The Balaban J connectivity index is 2.27. The molecule has 2 rings (SSSR count). The molecule has 5 N–H and O–H groups in total. The molecule has 0 saturated carbocycles. The number of urea groups is 1. The van der Waals surface area contributed by atoms with E-state index >= 15 is 0 Å². The van der Waals surface area contributed by atoms with Crippen molar-refractivity contribution in [1.82, 2.24) is 15.5 Å².